The van der Waals surface area contributed by atoms with Crippen LogP contribution >= 0.6 is 0 Å². The number of ether oxygens (including phenoxy) is 1. The van der Waals surface area contributed by atoms with E-state index in [0.717, 1.165) is 13.1 Å². The van der Waals surface area contributed by atoms with Crippen molar-refractivity contribution in [1.29, 1.82) is 0 Å². The second kappa shape index (κ2) is 8.21. The lowest BCUT2D eigenvalue weighted by atomic mass is 10.0. The minimum atomic E-state index is 0.210. The molecule has 0 heterocycles. The quantitative estimate of drug-likeness (QED) is 0.723. The largest absolute Gasteiger partial charge is 0.380 e. The molecule has 3 N–H and O–H groups in total. The van der Waals surface area contributed by atoms with Gasteiger partial charge in [0.2, 0.25) is 0 Å². The molecule has 0 aliphatic rings. The zero-order chi connectivity index (χ0) is 13.4. The molecular formula is C14H25N3O. The molecule has 0 aliphatic heterocycles. The van der Waals surface area contributed by atoms with Crippen LogP contribution in [0.25, 0.3) is 0 Å². The SMILES string of the molecule is COCc1cccc(C(CN)NCCN(C)C)c1. The van der Waals surface area contributed by atoms with Crippen molar-refractivity contribution in [3.8, 4) is 0 Å². The maximum Gasteiger partial charge on any atom is 0.0713 e. The van der Waals surface area contributed by atoms with Gasteiger partial charge in [-0.25, -0.2) is 0 Å². The third-order valence-electron chi connectivity index (χ3n) is 2.85. The number of likely N-dealkylation sites (N-methyl/N-ethyl adjacent to an activating group) is 1. The fourth-order valence-electron chi connectivity index (χ4n) is 1.87. The molecular weight excluding hydrogens is 226 g/mol. The van der Waals surface area contributed by atoms with E-state index in [1.807, 2.05) is 0 Å². The van der Waals surface area contributed by atoms with Gasteiger partial charge in [0.1, 0.15) is 0 Å². The van der Waals surface area contributed by atoms with E-state index in [0.29, 0.717) is 13.2 Å². The molecule has 0 aromatic heterocycles. The third-order valence-corrected chi connectivity index (χ3v) is 2.85. The van der Waals surface area contributed by atoms with Crippen LogP contribution in [-0.4, -0.2) is 45.7 Å². The van der Waals surface area contributed by atoms with Crippen molar-refractivity contribution in [3.63, 3.8) is 0 Å². The first-order valence-electron chi connectivity index (χ1n) is 6.33. The monoisotopic (exact) mass is 251 g/mol. The Balaban J connectivity index is 2.60. The van der Waals surface area contributed by atoms with E-state index in [9.17, 15) is 0 Å². The first kappa shape index (κ1) is 15.1. The number of nitrogens with two attached hydrogens (primary N) is 1. The van der Waals surface area contributed by atoms with Gasteiger partial charge in [0.25, 0.3) is 0 Å². The molecule has 1 atom stereocenters. The van der Waals surface area contributed by atoms with E-state index in [1.54, 1.807) is 7.11 Å². The summed E-state index contributed by atoms with van der Waals surface area (Å²) in [7, 11) is 5.85. The van der Waals surface area contributed by atoms with Crippen LogP contribution in [0.2, 0.25) is 0 Å². The number of nitrogens with one attached hydrogen (secondary N) is 1. The smallest absolute Gasteiger partial charge is 0.0713 e. The van der Waals surface area contributed by atoms with Gasteiger partial charge in [-0.2, -0.15) is 0 Å². The van der Waals surface area contributed by atoms with Crippen molar-refractivity contribution in [3.05, 3.63) is 35.4 Å². The molecule has 0 fully saturated rings. The summed E-state index contributed by atoms with van der Waals surface area (Å²) in [6.07, 6.45) is 0. The molecule has 102 valence electrons. The van der Waals surface area contributed by atoms with Gasteiger partial charge >= 0.3 is 0 Å². The van der Waals surface area contributed by atoms with Crippen LogP contribution in [0.5, 0.6) is 0 Å². The Morgan fingerprint density at radius 2 is 2.17 bits per heavy atom. The summed E-state index contributed by atoms with van der Waals surface area (Å²) in [6.45, 7) is 3.18. The van der Waals surface area contributed by atoms with Crippen molar-refractivity contribution in [2.75, 3.05) is 40.8 Å². The summed E-state index contributed by atoms with van der Waals surface area (Å²) in [5.74, 6) is 0. The summed E-state index contributed by atoms with van der Waals surface area (Å²) in [4.78, 5) is 2.15. The van der Waals surface area contributed by atoms with Gasteiger partial charge in [0.15, 0.2) is 0 Å². The Morgan fingerprint density at radius 3 is 2.78 bits per heavy atom. The molecule has 18 heavy (non-hydrogen) atoms. The van der Waals surface area contributed by atoms with Gasteiger partial charge in [-0.1, -0.05) is 24.3 Å². The number of hydrogen-bond acceptors (Lipinski definition) is 4. The maximum atomic E-state index is 5.84. The number of hydrogen-bond donors (Lipinski definition) is 2. The zero-order valence-electron chi connectivity index (χ0n) is 11.6. The highest BCUT2D eigenvalue weighted by molar-refractivity contribution is 5.26. The van der Waals surface area contributed by atoms with Crippen LogP contribution in [0.15, 0.2) is 24.3 Å². The van der Waals surface area contributed by atoms with E-state index < -0.39 is 0 Å². The van der Waals surface area contributed by atoms with Crippen molar-refractivity contribution in [1.82, 2.24) is 10.2 Å². The van der Waals surface area contributed by atoms with Crippen molar-refractivity contribution in [2.45, 2.75) is 12.6 Å². The fraction of sp³-hybridized carbons (Fsp3) is 0.571. The zero-order valence-corrected chi connectivity index (χ0v) is 11.6. The average Bonchev–Trinajstić information content (AvgIpc) is 2.35. The average molecular weight is 251 g/mol. The summed E-state index contributed by atoms with van der Waals surface area (Å²) in [6, 6.07) is 8.60. The third kappa shape index (κ3) is 5.14. The molecule has 0 aliphatic carbocycles. The fourth-order valence-corrected chi connectivity index (χ4v) is 1.87. The Labute approximate surface area is 110 Å². The number of rotatable bonds is 8. The van der Waals surface area contributed by atoms with Crippen molar-refractivity contribution < 1.29 is 4.74 Å². The Kier molecular flexibility index (Phi) is 6.90. The van der Waals surface area contributed by atoms with Crippen LogP contribution in [0.4, 0.5) is 0 Å². The predicted octanol–water partition coefficient (Wildman–Crippen LogP) is 0.984. The van der Waals surface area contributed by atoms with Gasteiger partial charge in [-0.15, -0.1) is 0 Å². The van der Waals surface area contributed by atoms with Crippen LogP contribution in [-0.2, 0) is 11.3 Å². The van der Waals surface area contributed by atoms with Gasteiger partial charge in [0, 0.05) is 32.8 Å². The first-order valence-corrected chi connectivity index (χ1v) is 6.33. The van der Waals surface area contributed by atoms with E-state index in [-0.39, 0.29) is 6.04 Å². The van der Waals surface area contributed by atoms with Crippen molar-refractivity contribution >= 4 is 0 Å². The van der Waals surface area contributed by atoms with E-state index in [2.05, 4.69) is 48.6 Å². The summed E-state index contributed by atoms with van der Waals surface area (Å²) >= 11 is 0. The lowest BCUT2D eigenvalue weighted by Gasteiger charge is -2.19. The van der Waals surface area contributed by atoms with E-state index in [1.165, 1.54) is 11.1 Å². The van der Waals surface area contributed by atoms with Crippen LogP contribution < -0.4 is 11.1 Å². The topological polar surface area (TPSA) is 50.5 Å². The summed E-state index contributed by atoms with van der Waals surface area (Å²) in [5.41, 5.74) is 8.25. The van der Waals surface area contributed by atoms with Gasteiger partial charge in [-0.3, -0.25) is 0 Å². The number of nitrogens with zero attached hydrogens (tertiary/aromatic N) is 1. The molecule has 0 amide bonds. The van der Waals surface area contributed by atoms with Crippen LogP contribution in [0, 0.1) is 0 Å². The minimum Gasteiger partial charge on any atom is -0.380 e. The lowest BCUT2D eigenvalue weighted by molar-refractivity contribution is 0.185. The predicted molar refractivity (Wildman–Crippen MR) is 75.5 cm³/mol. The highest BCUT2D eigenvalue weighted by Crippen LogP contribution is 2.14. The normalized spacial score (nSPS) is 12.9. The Hall–Kier alpha value is -0.940. The van der Waals surface area contributed by atoms with E-state index in [4.69, 9.17) is 10.5 Å². The highest BCUT2D eigenvalue weighted by atomic mass is 16.5. The Bertz CT molecular complexity index is 342. The summed E-state index contributed by atoms with van der Waals surface area (Å²) in [5, 5.41) is 3.48. The highest BCUT2D eigenvalue weighted by Gasteiger charge is 2.09. The maximum absolute atomic E-state index is 5.84. The van der Waals surface area contributed by atoms with Gasteiger partial charge < -0.3 is 20.7 Å². The molecule has 0 spiro atoms. The molecule has 1 aromatic carbocycles. The standard InChI is InChI=1S/C14H25N3O/c1-17(2)8-7-16-14(10-15)13-6-4-5-12(9-13)11-18-3/h4-6,9,14,16H,7-8,10-11,15H2,1-3H3. The lowest BCUT2D eigenvalue weighted by Crippen LogP contribution is -2.33. The molecule has 4 heteroatoms. The molecule has 4 nitrogen and oxygen atoms in total. The van der Waals surface area contributed by atoms with E-state index >= 15 is 0 Å². The molecule has 1 rings (SSSR count). The molecule has 0 bridgehead atoms. The number of benzene rings is 1. The first-order chi connectivity index (χ1) is 8.67. The van der Waals surface area contributed by atoms with Gasteiger partial charge in [0.05, 0.1) is 6.61 Å². The van der Waals surface area contributed by atoms with Gasteiger partial charge in [-0.05, 0) is 25.2 Å². The Morgan fingerprint density at radius 1 is 1.39 bits per heavy atom. The second-order valence-corrected chi connectivity index (χ2v) is 4.72. The molecule has 0 saturated carbocycles. The molecule has 1 aromatic rings. The molecule has 0 radical (unpaired) electrons. The summed E-state index contributed by atoms with van der Waals surface area (Å²) < 4.78 is 5.15. The number of methoxy groups -OCH3 is 1. The van der Waals surface area contributed by atoms with Crippen LogP contribution in [0.1, 0.15) is 17.2 Å². The minimum absolute atomic E-state index is 0.210. The molecule has 0 saturated heterocycles. The van der Waals surface area contributed by atoms with Crippen molar-refractivity contribution in [2.24, 2.45) is 5.73 Å². The van der Waals surface area contributed by atoms with Crippen LogP contribution in [0.3, 0.4) is 0 Å². The molecule has 1 unspecified atom stereocenters. The second-order valence-electron chi connectivity index (χ2n) is 4.72.